The maximum atomic E-state index is 11.8. The summed E-state index contributed by atoms with van der Waals surface area (Å²) in [5.41, 5.74) is 2.58. The molecule has 0 saturated heterocycles. The molecule has 2 heterocycles. The summed E-state index contributed by atoms with van der Waals surface area (Å²) in [6, 6.07) is 6.68. The van der Waals surface area contributed by atoms with Gasteiger partial charge in [-0.25, -0.2) is 9.78 Å². The number of pyridine rings is 1. The quantitative estimate of drug-likeness (QED) is 0.521. The van der Waals surface area contributed by atoms with E-state index in [9.17, 15) is 4.79 Å². The molecule has 0 aliphatic carbocycles. The molecule has 0 aliphatic heterocycles. The predicted octanol–water partition coefficient (Wildman–Crippen LogP) is 5.43. The number of nitrogens with one attached hydrogen (secondary N) is 2. The van der Waals surface area contributed by atoms with Crippen LogP contribution >= 0.6 is 39.1 Å². The van der Waals surface area contributed by atoms with Crippen LogP contribution in [-0.2, 0) is 6.61 Å². The standard InChI is InChI=1S/C18H17BrCl2N4O2/c1-3-22-18(26)24-13-7-6-12(20)11(15(13)21)9-27-14-5-4-8-25-16(19)10(2)23-17(14)25/h4-8H,3,9H2,1-2H3,(H2,22,24,26). The molecule has 6 nitrogen and oxygen atoms in total. The Balaban J connectivity index is 1.86. The van der Waals surface area contributed by atoms with Gasteiger partial charge < -0.3 is 15.4 Å². The molecule has 142 valence electrons. The molecule has 0 bridgehead atoms. The zero-order valence-corrected chi connectivity index (χ0v) is 17.7. The van der Waals surface area contributed by atoms with Crippen molar-refractivity contribution < 1.29 is 9.53 Å². The Kier molecular flexibility index (Phi) is 6.14. The van der Waals surface area contributed by atoms with Gasteiger partial charge in [-0.1, -0.05) is 23.2 Å². The van der Waals surface area contributed by atoms with Gasteiger partial charge in [-0.2, -0.15) is 0 Å². The lowest BCUT2D eigenvalue weighted by Gasteiger charge is -2.14. The number of anilines is 1. The Morgan fingerprint density at radius 2 is 2.11 bits per heavy atom. The number of urea groups is 1. The Labute approximate surface area is 174 Å². The summed E-state index contributed by atoms with van der Waals surface area (Å²) in [5.74, 6) is 0.598. The number of halogens is 3. The number of hydrogen-bond acceptors (Lipinski definition) is 3. The fraction of sp³-hybridized carbons (Fsp3) is 0.222. The van der Waals surface area contributed by atoms with Crippen molar-refractivity contribution in [2.75, 3.05) is 11.9 Å². The molecular formula is C18H17BrCl2N4O2. The summed E-state index contributed by atoms with van der Waals surface area (Å²) in [6.45, 7) is 4.38. The maximum Gasteiger partial charge on any atom is 0.319 e. The van der Waals surface area contributed by atoms with Gasteiger partial charge in [-0.05, 0) is 54.0 Å². The number of amides is 2. The maximum absolute atomic E-state index is 11.8. The lowest BCUT2D eigenvalue weighted by molar-refractivity contribution is 0.252. The van der Waals surface area contributed by atoms with Crippen molar-refractivity contribution in [2.45, 2.75) is 20.5 Å². The van der Waals surface area contributed by atoms with E-state index in [4.69, 9.17) is 27.9 Å². The molecule has 0 aliphatic rings. The molecule has 2 aromatic heterocycles. The average molecular weight is 472 g/mol. The van der Waals surface area contributed by atoms with Gasteiger partial charge in [-0.15, -0.1) is 0 Å². The van der Waals surface area contributed by atoms with Crippen LogP contribution < -0.4 is 15.4 Å². The third-order valence-corrected chi connectivity index (χ3v) is 5.60. The number of hydrogen-bond donors (Lipinski definition) is 2. The fourth-order valence-corrected chi connectivity index (χ4v) is 3.45. The molecular weight excluding hydrogens is 455 g/mol. The Bertz CT molecular complexity index is 1010. The van der Waals surface area contributed by atoms with E-state index in [2.05, 4.69) is 31.5 Å². The predicted molar refractivity (Wildman–Crippen MR) is 111 cm³/mol. The Morgan fingerprint density at radius 3 is 2.85 bits per heavy atom. The first-order chi connectivity index (χ1) is 12.9. The molecule has 2 N–H and O–H groups in total. The molecule has 3 rings (SSSR count). The molecule has 2 amide bonds. The van der Waals surface area contributed by atoms with E-state index in [1.807, 2.05) is 36.6 Å². The summed E-state index contributed by atoms with van der Waals surface area (Å²) >= 11 is 16.2. The van der Waals surface area contributed by atoms with Crippen LogP contribution in [0.2, 0.25) is 10.0 Å². The minimum absolute atomic E-state index is 0.131. The number of carbonyl (C=O) groups is 1. The van der Waals surface area contributed by atoms with E-state index in [0.717, 1.165) is 10.3 Å². The highest BCUT2D eigenvalue weighted by Crippen LogP contribution is 2.33. The number of ether oxygens (including phenoxy) is 1. The molecule has 3 aromatic rings. The van der Waals surface area contributed by atoms with Crippen LogP contribution in [0.15, 0.2) is 35.1 Å². The number of aryl methyl sites for hydroxylation is 1. The molecule has 0 saturated carbocycles. The van der Waals surface area contributed by atoms with Crippen LogP contribution in [0.5, 0.6) is 5.75 Å². The number of rotatable bonds is 5. The zero-order valence-electron chi connectivity index (χ0n) is 14.6. The summed E-state index contributed by atoms with van der Waals surface area (Å²) < 4.78 is 8.70. The van der Waals surface area contributed by atoms with Crippen LogP contribution in [0.25, 0.3) is 5.65 Å². The van der Waals surface area contributed by atoms with E-state index in [1.54, 1.807) is 12.1 Å². The Morgan fingerprint density at radius 1 is 1.33 bits per heavy atom. The molecule has 0 spiro atoms. The van der Waals surface area contributed by atoms with Gasteiger partial charge in [0.15, 0.2) is 11.4 Å². The second-order valence-electron chi connectivity index (χ2n) is 5.71. The van der Waals surface area contributed by atoms with Crippen molar-refractivity contribution in [1.82, 2.24) is 14.7 Å². The lowest BCUT2D eigenvalue weighted by atomic mass is 10.2. The SMILES string of the molecule is CCNC(=O)Nc1ccc(Cl)c(COc2cccn3c(Br)c(C)nc23)c1Cl. The monoisotopic (exact) mass is 470 g/mol. The number of fused-ring (bicyclic) bond motifs is 1. The van der Waals surface area contributed by atoms with Gasteiger partial charge >= 0.3 is 6.03 Å². The first kappa shape index (κ1) is 19.8. The van der Waals surface area contributed by atoms with Crippen molar-refractivity contribution in [3.63, 3.8) is 0 Å². The van der Waals surface area contributed by atoms with E-state index in [1.165, 1.54) is 0 Å². The smallest absolute Gasteiger partial charge is 0.319 e. The van der Waals surface area contributed by atoms with Crippen LogP contribution in [-0.4, -0.2) is 22.0 Å². The van der Waals surface area contributed by atoms with Crippen molar-refractivity contribution >= 4 is 56.5 Å². The number of aromatic nitrogens is 2. The van der Waals surface area contributed by atoms with E-state index < -0.39 is 0 Å². The van der Waals surface area contributed by atoms with E-state index in [0.29, 0.717) is 39.2 Å². The van der Waals surface area contributed by atoms with E-state index >= 15 is 0 Å². The average Bonchev–Trinajstić information content (AvgIpc) is 2.93. The highest BCUT2D eigenvalue weighted by molar-refractivity contribution is 9.10. The zero-order chi connectivity index (χ0) is 19.6. The van der Waals surface area contributed by atoms with Crippen LogP contribution in [0, 0.1) is 6.92 Å². The van der Waals surface area contributed by atoms with Gasteiger partial charge in [0, 0.05) is 23.3 Å². The lowest BCUT2D eigenvalue weighted by Crippen LogP contribution is -2.28. The molecule has 9 heteroatoms. The molecule has 1 aromatic carbocycles. The fourth-order valence-electron chi connectivity index (χ4n) is 2.54. The van der Waals surface area contributed by atoms with Gasteiger partial charge in [0.25, 0.3) is 0 Å². The largest absolute Gasteiger partial charge is 0.485 e. The van der Waals surface area contributed by atoms with Gasteiger partial charge in [-0.3, -0.25) is 4.40 Å². The summed E-state index contributed by atoms with van der Waals surface area (Å²) in [6.07, 6.45) is 1.89. The summed E-state index contributed by atoms with van der Waals surface area (Å²) in [4.78, 5) is 16.3. The molecule has 0 unspecified atom stereocenters. The number of benzene rings is 1. The minimum Gasteiger partial charge on any atom is -0.485 e. The minimum atomic E-state index is -0.337. The topological polar surface area (TPSA) is 67.7 Å². The van der Waals surface area contributed by atoms with Gasteiger partial charge in [0.2, 0.25) is 0 Å². The Hall–Kier alpha value is -1.96. The van der Waals surface area contributed by atoms with Crippen molar-refractivity contribution in [3.05, 3.63) is 56.4 Å². The summed E-state index contributed by atoms with van der Waals surface area (Å²) in [7, 11) is 0. The third-order valence-electron chi connectivity index (χ3n) is 3.86. The normalized spacial score (nSPS) is 10.9. The summed E-state index contributed by atoms with van der Waals surface area (Å²) in [5, 5.41) is 6.14. The van der Waals surface area contributed by atoms with Crippen LogP contribution in [0.3, 0.4) is 0 Å². The van der Waals surface area contributed by atoms with Gasteiger partial charge in [0.1, 0.15) is 11.2 Å². The molecule has 0 atom stereocenters. The highest BCUT2D eigenvalue weighted by Gasteiger charge is 2.15. The van der Waals surface area contributed by atoms with Crippen LogP contribution in [0.4, 0.5) is 10.5 Å². The third kappa shape index (κ3) is 4.15. The molecule has 0 radical (unpaired) electrons. The van der Waals surface area contributed by atoms with E-state index in [-0.39, 0.29) is 12.6 Å². The van der Waals surface area contributed by atoms with Gasteiger partial charge in [0.05, 0.1) is 16.4 Å². The van der Waals surface area contributed by atoms with Crippen molar-refractivity contribution in [2.24, 2.45) is 0 Å². The highest BCUT2D eigenvalue weighted by atomic mass is 79.9. The number of imidazole rings is 1. The second kappa shape index (κ2) is 8.37. The molecule has 0 fully saturated rings. The number of nitrogens with zero attached hydrogens (tertiary/aromatic N) is 2. The number of carbonyl (C=O) groups excluding carboxylic acids is 1. The van der Waals surface area contributed by atoms with Crippen molar-refractivity contribution in [1.29, 1.82) is 0 Å². The molecule has 27 heavy (non-hydrogen) atoms. The van der Waals surface area contributed by atoms with Crippen molar-refractivity contribution in [3.8, 4) is 5.75 Å². The van der Waals surface area contributed by atoms with Crippen LogP contribution in [0.1, 0.15) is 18.2 Å². The second-order valence-corrected chi connectivity index (χ2v) is 7.25. The first-order valence-corrected chi connectivity index (χ1v) is 9.75. The first-order valence-electron chi connectivity index (χ1n) is 8.20.